The van der Waals surface area contributed by atoms with Crippen molar-refractivity contribution < 1.29 is 14.3 Å². The van der Waals surface area contributed by atoms with Gasteiger partial charge in [0.1, 0.15) is 0 Å². The lowest BCUT2D eigenvalue weighted by Gasteiger charge is -2.36. The smallest absolute Gasteiger partial charge is 0.232 e. The predicted octanol–water partition coefficient (Wildman–Crippen LogP) is 2.95. The van der Waals surface area contributed by atoms with Gasteiger partial charge >= 0.3 is 0 Å². The van der Waals surface area contributed by atoms with Crippen LogP contribution in [0.25, 0.3) is 0 Å². The minimum absolute atomic E-state index is 0.00865. The molecule has 1 aromatic carbocycles. The van der Waals surface area contributed by atoms with E-state index >= 15 is 0 Å². The number of nitrogens with zero attached hydrogens (tertiary/aromatic N) is 1. The van der Waals surface area contributed by atoms with Crippen LogP contribution in [0.4, 0.5) is 0 Å². The van der Waals surface area contributed by atoms with Gasteiger partial charge in [-0.3, -0.25) is 14.5 Å². The molecular weight excluding hydrogens is 290 g/mol. The summed E-state index contributed by atoms with van der Waals surface area (Å²) < 4.78 is 6.10. The van der Waals surface area contributed by atoms with E-state index in [-0.39, 0.29) is 29.9 Å². The number of benzene rings is 1. The van der Waals surface area contributed by atoms with Crippen molar-refractivity contribution in [1.29, 1.82) is 0 Å². The van der Waals surface area contributed by atoms with E-state index in [0.29, 0.717) is 13.0 Å². The molecule has 2 fully saturated rings. The van der Waals surface area contributed by atoms with E-state index in [4.69, 9.17) is 4.74 Å². The highest BCUT2D eigenvalue weighted by Crippen LogP contribution is 2.31. The van der Waals surface area contributed by atoms with Crippen LogP contribution in [0, 0.1) is 5.92 Å². The van der Waals surface area contributed by atoms with E-state index in [0.717, 1.165) is 32.1 Å². The fourth-order valence-corrected chi connectivity index (χ4v) is 3.70. The summed E-state index contributed by atoms with van der Waals surface area (Å²) in [6, 6.07) is 10.2. The lowest BCUT2D eigenvalue weighted by Crippen LogP contribution is -2.49. The van der Waals surface area contributed by atoms with E-state index in [1.165, 1.54) is 10.5 Å². The van der Waals surface area contributed by atoms with Gasteiger partial charge in [-0.15, -0.1) is 0 Å². The topological polar surface area (TPSA) is 46.6 Å². The largest absolute Gasteiger partial charge is 0.376 e. The van der Waals surface area contributed by atoms with Gasteiger partial charge in [0.25, 0.3) is 0 Å². The molecule has 0 unspecified atom stereocenters. The average Bonchev–Trinajstić information content (AvgIpc) is 2.82. The van der Waals surface area contributed by atoms with Gasteiger partial charge in [0.2, 0.25) is 11.8 Å². The Morgan fingerprint density at radius 3 is 2.57 bits per heavy atom. The molecule has 0 aromatic heterocycles. The molecule has 2 amide bonds. The standard InChI is InChI=1S/C19H25NO3/c1-14-13-18(21)20(19(14)22)16-9-5-6-10-17(16)23-12-11-15-7-3-2-4-8-15/h2-4,7-8,14,16-17H,5-6,9-13H2,1H3/t14-,16+,17+/m1/s1. The van der Waals surface area contributed by atoms with Gasteiger partial charge in [-0.05, 0) is 24.8 Å². The maximum absolute atomic E-state index is 12.3. The van der Waals surface area contributed by atoms with Crippen LogP contribution in [-0.4, -0.2) is 35.5 Å². The van der Waals surface area contributed by atoms with Crippen molar-refractivity contribution in [2.75, 3.05) is 6.61 Å². The Labute approximate surface area is 137 Å². The third kappa shape index (κ3) is 3.63. The van der Waals surface area contributed by atoms with Crippen molar-refractivity contribution in [2.45, 2.75) is 57.6 Å². The molecule has 1 saturated heterocycles. The van der Waals surface area contributed by atoms with Gasteiger partial charge in [-0.25, -0.2) is 0 Å². The van der Waals surface area contributed by atoms with Crippen molar-refractivity contribution in [2.24, 2.45) is 5.92 Å². The molecule has 0 radical (unpaired) electrons. The maximum atomic E-state index is 12.3. The zero-order valence-corrected chi connectivity index (χ0v) is 13.7. The van der Waals surface area contributed by atoms with Gasteiger partial charge in [0.05, 0.1) is 18.8 Å². The van der Waals surface area contributed by atoms with Crippen LogP contribution in [-0.2, 0) is 20.7 Å². The third-order valence-electron chi connectivity index (χ3n) is 4.97. The molecule has 1 aliphatic heterocycles. The summed E-state index contributed by atoms with van der Waals surface area (Å²) in [6.45, 7) is 2.48. The molecule has 4 nitrogen and oxygen atoms in total. The minimum Gasteiger partial charge on any atom is -0.376 e. The van der Waals surface area contributed by atoms with Crippen LogP contribution in [0.5, 0.6) is 0 Å². The summed E-state index contributed by atoms with van der Waals surface area (Å²) in [4.78, 5) is 26.0. The number of carbonyl (C=O) groups is 2. The fourth-order valence-electron chi connectivity index (χ4n) is 3.70. The van der Waals surface area contributed by atoms with Crippen molar-refractivity contribution in [1.82, 2.24) is 4.90 Å². The van der Waals surface area contributed by atoms with E-state index in [1.54, 1.807) is 0 Å². The summed E-state index contributed by atoms with van der Waals surface area (Å²) in [5.41, 5.74) is 1.25. The molecule has 0 spiro atoms. The Morgan fingerprint density at radius 2 is 1.87 bits per heavy atom. The van der Waals surface area contributed by atoms with Gasteiger partial charge < -0.3 is 4.74 Å². The number of likely N-dealkylation sites (tertiary alicyclic amines) is 1. The molecule has 4 heteroatoms. The first kappa shape index (κ1) is 16.2. The van der Waals surface area contributed by atoms with Crippen molar-refractivity contribution in [3.05, 3.63) is 35.9 Å². The van der Waals surface area contributed by atoms with Crippen molar-refractivity contribution in [3.63, 3.8) is 0 Å². The summed E-state index contributed by atoms with van der Waals surface area (Å²) >= 11 is 0. The summed E-state index contributed by atoms with van der Waals surface area (Å²) in [7, 11) is 0. The molecule has 23 heavy (non-hydrogen) atoms. The van der Waals surface area contributed by atoms with Crippen LogP contribution in [0.15, 0.2) is 30.3 Å². The fraction of sp³-hybridized carbons (Fsp3) is 0.579. The Bertz CT molecular complexity index is 557. The Morgan fingerprint density at radius 1 is 1.13 bits per heavy atom. The Hall–Kier alpha value is -1.68. The van der Waals surface area contributed by atoms with E-state index in [9.17, 15) is 9.59 Å². The zero-order chi connectivity index (χ0) is 16.2. The Balaban J connectivity index is 1.60. The third-order valence-corrected chi connectivity index (χ3v) is 4.97. The first-order valence-electron chi connectivity index (χ1n) is 8.68. The molecule has 1 aliphatic carbocycles. The number of ether oxygens (including phenoxy) is 1. The summed E-state index contributed by atoms with van der Waals surface area (Å²) in [5, 5.41) is 0. The quantitative estimate of drug-likeness (QED) is 0.785. The van der Waals surface area contributed by atoms with E-state index in [2.05, 4.69) is 12.1 Å². The molecule has 3 rings (SSSR count). The number of hydrogen-bond acceptors (Lipinski definition) is 3. The lowest BCUT2D eigenvalue weighted by molar-refractivity contribution is -0.147. The lowest BCUT2D eigenvalue weighted by atomic mass is 9.91. The molecular formula is C19H25NO3. The van der Waals surface area contributed by atoms with Crippen LogP contribution in [0.3, 0.4) is 0 Å². The van der Waals surface area contributed by atoms with Crippen LogP contribution >= 0.6 is 0 Å². The van der Waals surface area contributed by atoms with Crippen LogP contribution in [0.1, 0.15) is 44.6 Å². The van der Waals surface area contributed by atoms with Crippen LogP contribution < -0.4 is 0 Å². The van der Waals surface area contributed by atoms with Crippen molar-refractivity contribution >= 4 is 11.8 Å². The molecule has 3 atom stereocenters. The monoisotopic (exact) mass is 315 g/mol. The number of amides is 2. The highest BCUT2D eigenvalue weighted by molar-refractivity contribution is 6.03. The van der Waals surface area contributed by atoms with Gasteiger partial charge in [0, 0.05) is 12.3 Å². The molecule has 0 N–H and O–H groups in total. The van der Waals surface area contributed by atoms with E-state index in [1.807, 2.05) is 25.1 Å². The highest BCUT2D eigenvalue weighted by atomic mass is 16.5. The number of rotatable bonds is 5. The second kappa shape index (κ2) is 7.26. The second-order valence-electron chi connectivity index (χ2n) is 6.70. The number of hydrogen-bond donors (Lipinski definition) is 0. The van der Waals surface area contributed by atoms with Crippen molar-refractivity contribution in [3.8, 4) is 0 Å². The maximum Gasteiger partial charge on any atom is 0.232 e. The molecule has 124 valence electrons. The SMILES string of the molecule is C[C@@H]1CC(=O)N([C@H]2CCCC[C@@H]2OCCc2ccccc2)C1=O. The first-order chi connectivity index (χ1) is 11.2. The Kier molecular flexibility index (Phi) is 5.11. The van der Waals surface area contributed by atoms with Gasteiger partial charge in [-0.1, -0.05) is 50.1 Å². The predicted molar refractivity (Wildman–Crippen MR) is 87.8 cm³/mol. The molecule has 1 aromatic rings. The van der Waals surface area contributed by atoms with E-state index < -0.39 is 0 Å². The molecule has 0 bridgehead atoms. The highest BCUT2D eigenvalue weighted by Gasteiger charge is 2.43. The first-order valence-corrected chi connectivity index (χ1v) is 8.68. The minimum atomic E-state index is -0.172. The molecule has 1 heterocycles. The average molecular weight is 315 g/mol. The normalized spacial score (nSPS) is 28.4. The number of carbonyl (C=O) groups excluding carboxylic acids is 2. The zero-order valence-electron chi connectivity index (χ0n) is 13.7. The van der Waals surface area contributed by atoms with Gasteiger partial charge in [-0.2, -0.15) is 0 Å². The molecule has 2 aliphatic rings. The van der Waals surface area contributed by atoms with Crippen LogP contribution in [0.2, 0.25) is 0 Å². The second-order valence-corrected chi connectivity index (χ2v) is 6.70. The molecule has 1 saturated carbocycles. The summed E-state index contributed by atoms with van der Waals surface area (Å²) in [5.74, 6) is -0.209. The van der Waals surface area contributed by atoms with Gasteiger partial charge in [0.15, 0.2) is 0 Å². The summed E-state index contributed by atoms with van der Waals surface area (Å²) in [6.07, 6.45) is 5.19. The number of imide groups is 1.